The van der Waals surface area contributed by atoms with Crippen LogP contribution in [0.3, 0.4) is 0 Å². The van der Waals surface area contributed by atoms with E-state index in [2.05, 4.69) is 38.1 Å². The van der Waals surface area contributed by atoms with Gasteiger partial charge >= 0.3 is 0 Å². The molecule has 17 heavy (non-hydrogen) atoms. The van der Waals surface area contributed by atoms with E-state index in [1.165, 1.54) is 27.8 Å². The number of phenols is 1. The third kappa shape index (κ3) is 1.39. The van der Waals surface area contributed by atoms with Gasteiger partial charge in [0.2, 0.25) is 0 Å². The molecule has 0 unspecified atom stereocenters. The van der Waals surface area contributed by atoms with Crippen molar-refractivity contribution in [3.8, 4) is 16.9 Å². The Labute approximate surface area is 101 Å². The van der Waals surface area contributed by atoms with Gasteiger partial charge < -0.3 is 5.11 Å². The van der Waals surface area contributed by atoms with Gasteiger partial charge in [-0.3, -0.25) is 0 Å². The molecule has 3 rings (SSSR count). The van der Waals surface area contributed by atoms with Gasteiger partial charge in [-0.15, -0.1) is 0 Å². The molecule has 1 N–H and O–H groups in total. The first-order valence-electron chi connectivity index (χ1n) is 5.79. The van der Waals surface area contributed by atoms with Crippen molar-refractivity contribution in [2.24, 2.45) is 0 Å². The molecule has 0 spiro atoms. The van der Waals surface area contributed by atoms with Crippen LogP contribution >= 0.6 is 0 Å². The highest BCUT2D eigenvalue weighted by molar-refractivity contribution is 6.02. The first-order chi connectivity index (χ1) is 8.18. The first kappa shape index (κ1) is 10.2. The SMILES string of the molecule is CC(C)=C1c2ccccc2-c2ccc(O)cc21. The summed E-state index contributed by atoms with van der Waals surface area (Å²) < 4.78 is 0. The molecule has 0 saturated heterocycles. The molecule has 0 heterocycles. The highest BCUT2D eigenvalue weighted by Crippen LogP contribution is 2.46. The standard InChI is InChI=1S/C16H14O/c1-10(2)16-14-6-4-3-5-12(14)13-8-7-11(17)9-15(13)16/h3-9,17H,1-2H3. The van der Waals surface area contributed by atoms with Crippen molar-refractivity contribution in [2.45, 2.75) is 13.8 Å². The van der Waals surface area contributed by atoms with E-state index in [-0.39, 0.29) is 0 Å². The molecule has 2 aromatic carbocycles. The van der Waals surface area contributed by atoms with Crippen LogP contribution in [0, 0.1) is 0 Å². The van der Waals surface area contributed by atoms with Crippen LogP contribution in [0.1, 0.15) is 25.0 Å². The Morgan fingerprint density at radius 1 is 0.824 bits per heavy atom. The first-order valence-corrected chi connectivity index (χ1v) is 5.79. The van der Waals surface area contributed by atoms with Crippen molar-refractivity contribution in [3.63, 3.8) is 0 Å². The van der Waals surface area contributed by atoms with Crippen molar-refractivity contribution in [1.29, 1.82) is 0 Å². The zero-order valence-corrected chi connectivity index (χ0v) is 9.99. The quantitative estimate of drug-likeness (QED) is 0.604. The Balaban J connectivity index is 2.42. The molecule has 0 saturated carbocycles. The molecular formula is C16H14O. The minimum absolute atomic E-state index is 0.329. The van der Waals surface area contributed by atoms with Gasteiger partial charge in [-0.1, -0.05) is 35.9 Å². The van der Waals surface area contributed by atoms with E-state index in [1.807, 2.05) is 12.1 Å². The highest BCUT2D eigenvalue weighted by Gasteiger charge is 2.23. The highest BCUT2D eigenvalue weighted by atomic mass is 16.3. The average Bonchev–Trinajstić information content (AvgIpc) is 2.62. The minimum atomic E-state index is 0.329. The third-order valence-corrected chi connectivity index (χ3v) is 3.26. The summed E-state index contributed by atoms with van der Waals surface area (Å²) in [4.78, 5) is 0. The largest absolute Gasteiger partial charge is 0.508 e. The monoisotopic (exact) mass is 222 g/mol. The fourth-order valence-electron chi connectivity index (χ4n) is 2.59. The van der Waals surface area contributed by atoms with Crippen LogP contribution in [0.25, 0.3) is 16.7 Å². The van der Waals surface area contributed by atoms with Crippen molar-refractivity contribution in [1.82, 2.24) is 0 Å². The van der Waals surface area contributed by atoms with E-state index < -0.39 is 0 Å². The summed E-state index contributed by atoms with van der Waals surface area (Å²) in [5.41, 5.74) is 7.43. The molecule has 0 amide bonds. The molecule has 0 fully saturated rings. The Kier molecular flexibility index (Phi) is 2.08. The van der Waals surface area contributed by atoms with Crippen molar-refractivity contribution in [2.75, 3.05) is 0 Å². The molecule has 0 atom stereocenters. The summed E-state index contributed by atoms with van der Waals surface area (Å²) in [6.45, 7) is 4.23. The summed E-state index contributed by atoms with van der Waals surface area (Å²) in [5, 5.41) is 9.65. The normalized spacial score (nSPS) is 12.2. The van der Waals surface area contributed by atoms with Gasteiger partial charge in [0.1, 0.15) is 5.75 Å². The molecule has 0 bridgehead atoms. The van der Waals surface area contributed by atoms with Crippen LogP contribution in [0.15, 0.2) is 48.0 Å². The van der Waals surface area contributed by atoms with E-state index in [0.717, 1.165) is 5.56 Å². The minimum Gasteiger partial charge on any atom is -0.508 e. The average molecular weight is 222 g/mol. The number of fused-ring (bicyclic) bond motifs is 3. The van der Waals surface area contributed by atoms with Gasteiger partial charge in [0.05, 0.1) is 0 Å². The second-order valence-electron chi connectivity index (χ2n) is 4.65. The summed E-state index contributed by atoms with van der Waals surface area (Å²) in [5.74, 6) is 0.329. The van der Waals surface area contributed by atoms with Gasteiger partial charge in [0.25, 0.3) is 0 Å². The lowest BCUT2D eigenvalue weighted by atomic mass is 10.00. The summed E-state index contributed by atoms with van der Waals surface area (Å²) in [7, 11) is 0. The van der Waals surface area contributed by atoms with Crippen LogP contribution in [0.5, 0.6) is 5.75 Å². The smallest absolute Gasteiger partial charge is 0.116 e. The summed E-state index contributed by atoms with van der Waals surface area (Å²) >= 11 is 0. The molecule has 2 aromatic rings. The zero-order chi connectivity index (χ0) is 12.0. The Morgan fingerprint density at radius 2 is 1.47 bits per heavy atom. The number of phenolic OH excluding ortho intramolecular Hbond substituents is 1. The van der Waals surface area contributed by atoms with Gasteiger partial charge in [0.15, 0.2) is 0 Å². The molecule has 1 aliphatic carbocycles. The van der Waals surface area contributed by atoms with Crippen LogP contribution in [-0.4, -0.2) is 5.11 Å². The fourth-order valence-corrected chi connectivity index (χ4v) is 2.59. The number of aromatic hydroxyl groups is 1. The summed E-state index contributed by atoms with van der Waals surface area (Å²) in [6.07, 6.45) is 0. The maximum absolute atomic E-state index is 9.65. The maximum atomic E-state index is 9.65. The Bertz CT molecular complexity index is 632. The van der Waals surface area contributed by atoms with E-state index >= 15 is 0 Å². The molecule has 0 aliphatic heterocycles. The van der Waals surface area contributed by atoms with Crippen LogP contribution in [0.2, 0.25) is 0 Å². The number of hydrogen-bond donors (Lipinski definition) is 1. The van der Waals surface area contributed by atoms with Crippen molar-refractivity contribution < 1.29 is 5.11 Å². The van der Waals surface area contributed by atoms with Crippen LogP contribution in [-0.2, 0) is 0 Å². The van der Waals surface area contributed by atoms with Crippen molar-refractivity contribution >= 4 is 5.57 Å². The maximum Gasteiger partial charge on any atom is 0.116 e. The predicted octanol–water partition coefficient (Wildman–Crippen LogP) is 4.21. The zero-order valence-electron chi connectivity index (χ0n) is 9.99. The second kappa shape index (κ2) is 3.49. The van der Waals surface area contributed by atoms with Crippen molar-refractivity contribution in [3.05, 3.63) is 59.2 Å². The van der Waals surface area contributed by atoms with Crippen LogP contribution in [0.4, 0.5) is 0 Å². The lowest BCUT2D eigenvalue weighted by Gasteiger charge is -2.05. The molecule has 1 nitrogen and oxygen atoms in total. The summed E-state index contributed by atoms with van der Waals surface area (Å²) in [6, 6.07) is 14.0. The number of benzene rings is 2. The van der Waals surface area contributed by atoms with E-state index in [4.69, 9.17) is 0 Å². The van der Waals surface area contributed by atoms with Gasteiger partial charge in [0, 0.05) is 0 Å². The van der Waals surface area contributed by atoms with Gasteiger partial charge in [-0.25, -0.2) is 0 Å². The third-order valence-electron chi connectivity index (χ3n) is 3.26. The Morgan fingerprint density at radius 3 is 2.18 bits per heavy atom. The van der Waals surface area contributed by atoms with Gasteiger partial charge in [-0.2, -0.15) is 0 Å². The molecule has 84 valence electrons. The fraction of sp³-hybridized carbons (Fsp3) is 0.125. The Hall–Kier alpha value is -2.02. The number of allylic oxidation sites excluding steroid dienone is 1. The lowest BCUT2D eigenvalue weighted by Crippen LogP contribution is -1.84. The topological polar surface area (TPSA) is 20.2 Å². The molecule has 0 aromatic heterocycles. The van der Waals surface area contributed by atoms with E-state index in [9.17, 15) is 5.11 Å². The molecule has 1 heteroatoms. The number of hydrogen-bond acceptors (Lipinski definition) is 1. The lowest BCUT2D eigenvalue weighted by molar-refractivity contribution is 0.475. The molecule has 1 aliphatic rings. The van der Waals surface area contributed by atoms with Crippen LogP contribution < -0.4 is 0 Å². The van der Waals surface area contributed by atoms with Gasteiger partial charge in [-0.05, 0) is 53.8 Å². The van der Waals surface area contributed by atoms with E-state index in [1.54, 1.807) is 6.07 Å². The predicted molar refractivity (Wildman–Crippen MR) is 70.9 cm³/mol. The molecule has 0 radical (unpaired) electrons. The number of rotatable bonds is 0. The molecular weight excluding hydrogens is 208 g/mol. The second-order valence-corrected chi connectivity index (χ2v) is 4.65. The van der Waals surface area contributed by atoms with E-state index in [0.29, 0.717) is 5.75 Å².